The monoisotopic (exact) mass is 220 g/mol. The van der Waals surface area contributed by atoms with Crippen molar-refractivity contribution in [2.75, 3.05) is 38.2 Å². The highest BCUT2D eigenvalue weighted by atomic mass is 16.5. The van der Waals surface area contributed by atoms with Gasteiger partial charge in [-0.05, 0) is 30.3 Å². The molecule has 0 saturated carbocycles. The van der Waals surface area contributed by atoms with E-state index < -0.39 is 0 Å². The molecule has 3 heteroatoms. The number of rotatable bonds is 5. The molecule has 0 amide bonds. The van der Waals surface area contributed by atoms with Crippen LogP contribution in [0.5, 0.6) is 5.75 Å². The first kappa shape index (κ1) is 11.3. The van der Waals surface area contributed by atoms with Crippen LogP contribution in [0.2, 0.25) is 0 Å². The summed E-state index contributed by atoms with van der Waals surface area (Å²) in [5.74, 6) is 1.06. The van der Waals surface area contributed by atoms with Crippen LogP contribution in [-0.2, 0) is 6.42 Å². The molecule has 1 N–H and O–H groups in total. The molecule has 2 rings (SSSR count). The number of likely N-dealkylation sites (N-methyl/N-ethyl adjacent to an activating group) is 2. The van der Waals surface area contributed by atoms with Crippen LogP contribution in [0.1, 0.15) is 12.5 Å². The number of hydrogen-bond donors (Lipinski definition) is 1. The van der Waals surface area contributed by atoms with Gasteiger partial charge in [-0.3, -0.25) is 0 Å². The summed E-state index contributed by atoms with van der Waals surface area (Å²) in [5, 5.41) is 3.33. The second-order valence-corrected chi connectivity index (χ2v) is 4.17. The molecular formula is C13H20N2O. The zero-order valence-corrected chi connectivity index (χ0v) is 10.1. The third-order valence-electron chi connectivity index (χ3n) is 2.99. The van der Waals surface area contributed by atoms with Crippen molar-refractivity contribution in [3.8, 4) is 5.75 Å². The highest BCUT2D eigenvalue weighted by Crippen LogP contribution is 2.28. The Hall–Kier alpha value is -1.22. The van der Waals surface area contributed by atoms with Gasteiger partial charge in [0.2, 0.25) is 0 Å². The minimum absolute atomic E-state index is 0.833. The molecule has 0 aromatic heterocycles. The van der Waals surface area contributed by atoms with Gasteiger partial charge in [-0.2, -0.15) is 0 Å². The van der Waals surface area contributed by atoms with E-state index >= 15 is 0 Å². The van der Waals surface area contributed by atoms with Gasteiger partial charge in [0.1, 0.15) is 5.75 Å². The number of nitrogens with zero attached hydrogens (tertiary/aromatic N) is 1. The zero-order valence-electron chi connectivity index (χ0n) is 10.1. The number of anilines is 1. The van der Waals surface area contributed by atoms with Crippen LogP contribution in [0.3, 0.4) is 0 Å². The Bertz CT molecular complexity index is 352. The van der Waals surface area contributed by atoms with Gasteiger partial charge in [0.05, 0.1) is 6.61 Å². The SMILES string of the molecule is CCNCCN(C)c1ccc2c(c1)CCO2. The molecule has 88 valence electrons. The molecule has 16 heavy (non-hydrogen) atoms. The minimum Gasteiger partial charge on any atom is -0.493 e. The Labute approximate surface area is 97.4 Å². The maximum absolute atomic E-state index is 5.50. The van der Waals surface area contributed by atoms with Gasteiger partial charge in [-0.25, -0.2) is 0 Å². The summed E-state index contributed by atoms with van der Waals surface area (Å²) >= 11 is 0. The summed E-state index contributed by atoms with van der Waals surface area (Å²) < 4.78 is 5.50. The van der Waals surface area contributed by atoms with Gasteiger partial charge in [-0.15, -0.1) is 0 Å². The molecule has 1 aromatic carbocycles. The van der Waals surface area contributed by atoms with Crippen LogP contribution in [0, 0.1) is 0 Å². The quantitative estimate of drug-likeness (QED) is 0.764. The predicted molar refractivity (Wildman–Crippen MR) is 67.5 cm³/mol. The molecule has 0 bridgehead atoms. The largest absolute Gasteiger partial charge is 0.493 e. The van der Waals surface area contributed by atoms with Crippen LogP contribution in [0.25, 0.3) is 0 Å². The smallest absolute Gasteiger partial charge is 0.122 e. The third-order valence-corrected chi connectivity index (χ3v) is 2.99. The summed E-state index contributed by atoms with van der Waals surface area (Å²) in [6.07, 6.45) is 1.05. The maximum atomic E-state index is 5.50. The molecule has 0 radical (unpaired) electrons. The van der Waals surface area contributed by atoms with Crippen LogP contribution >= 0.6 is 0 Å². The zero-order chi connectivity index (χ0) is 11.4. The highest BCUT2D eigenvalue weighted by molar-refractivity contribution is 5.53. The standard InChI is InChI=1S/C13H20N2O/c1-3-14-7-8-15(2)12-4-5-13-11(10-12)6-9-16-13/h4-5,10,14H,3,6-9H2,1-2H3. The lowest BCUT2D eigenvalue weighted by Gasteiger charge is -2.20. The van der Waals surface area contributed by atoms with Crippen molar-refractivity contribution in [1.29, 1.82) is 0 Å². The maximum Gasteiger partial charge on any atom is 0.122 e. The number of ether oxygens (including phenoxy) is 1. The Kier molecular flexibility index (Phi) is 3.67. The average molecular weight is 220 g/mol. The molecule has 0 atom stereocenters. The average Bonchev–Trinajstić information content (AvgIpc) is 2.76. The summed E-state index contributed by atoms with van der Waals surface area (Å²) in [5.41, 5.74) is 2.62. The second kappa shape index (κ2) is 5.21. The molecule has 1 aliphatic heterocycles. The molecule has 0 aliphatic carbocycles. The molecule has 0 spiro atoms. The first-order valence-electron chi connectivity index (χ1n) is 5.99. The molecule has 1 heterocycles. The van der Waals surface area contributed by atoms with E-state index in [1.807, 2.05) is 0 Å². The lowest BCUT2D eigenvalue weighted by atomic mass is 10.1. The lowest BCUT2D eigenvalue weighted by Crippen LogP contribution is -2.28. The van der Waals surface area contributed by atoms with E-state index in [-0.39, 0.29) is 0 Å². The molecule has 0 unspecified atom stereocenters. The van der Waals surface area contributed by atoms with Crippen LogP contribution in [0.15, 0.2) is 18.2 Å². The fraction of sp³-hybridized carbons (Fsp3) is 0.538. The van der Waals surface area contributed by atoms with Crippen molar-refractivity contribution in [2.45, 2.75) is 13.3 Å². The second-order valence-electron chi connectivity index (χ2n) is 4.17. The summed E-state index contributed by atoms with van der Waals surface area (Å²) in [4.78, 5) is 2.28. The Morgan fingerprint density at radius 1 is 1.44 bits per heavy atom. The van der Waals surface area contributed by atoms with E-state index in [1.54, 1.807) is 0 Å². The van der Waals surface area contributed by atoms with Crippen molar-refractivity contribution in [3.05, 3.63) is 23.8 Å². The molecule has 1 aliphatic rings. The van der Waals surface area contributed by atoms with E-state index in [9.17, 15) is 0 Å². The van der Waals surface area contributed by atoms with E-state index in [0.29, 0.717) is 0 Å². The first-order chi connectivity index (χ1) is 7.81. The lowest BCUT2D eigenvalue weighted by molar-refractivity contribution is 0.357. The third kappa shape index (κ3) is 2.47. The van der Waals surface area contributed by atoms with Gasteiger partial charge in [0, 0.05) is 32.2 Å². The van der Waals surface area contributed by atoms with Gasteiger partial charge in [-0.1, -0.05) is 6.92 Å². The molecule has 1 aromatic rings. The molecular weight excluding hydrogens is 200 g/mol. The Morgan fingerprint density at radius 3 is 3.12 bits per heavy atom. The van der Waals surface area contributed by atoms with Crippen LogP contribution in [-0.4, -0.2) is 33.3 Å². The fourth-order valence-corrected chi connectivity index (χ4v) is 1.96. The summed E-state index contributed by atoms with van der Waals surface area (Å²) in [7, 11) is 2.13. The summed E-state index contributed by atoms with van der Waals surface area (Å²) in [6.45, 7) is 6.06. The van der Waals surface area contributed by atoms with Gasteiger partial charge in [0.15, 0.2) is 0 Å². The molecule has 0 fully saturated rings. The fourth-order valence-electron chi connectivity index (χ4n) is 1.96. The molecule has 3 nitrogen and oxygen atoms in total. The summed E-state index contributed by atoms with van der Waals surface area (Å²) in [6, 6.07) is 6.46. The van der Waals surface area contributed by atoms with Crippen LogP contribution in [0.4, 0.5) is 5.69 Å². The van der Waals surface area contributed by atoms with Gasteiger partial charge < -0.3 is 15.0 Å². The van der Waals surface area contributed by atoms with Gasteiger partial charge in [0.25, 0.3) is 0 Å². The topological polar surface area (TPSA) is 24.5 Å². The highest BCUT2D eigenvalue weighted by Gasteiger charge is 2.12. The van der Waals surface area contributed by atoms with E-state index in [2.05, 4.69) is 42.4 Å². The first-order valence-corrected chi connectivity index (χ1v) is 5.99. The van der Waals surface area contributed by atoms with Crippen LogP contribution < -0.4 is 15.0 Å². The van der Waals surface area contributed by atoms with Crippen molar-refractivity contribution >= 4 is 5.69 Å². The van der Waals surface area contributed by atoms with E-state index in [4.69, 9.17) is 4.74 Å². The van der Waals surface area contributed by atoms with Crippen molar-refractivity contribution in [2.24, 2.45) is 0 Å². The van der Waals surface area contributed by atoms with Gasteiger partial charge >= 0.3 is 0 Å². The minimum atomic E-state index is 0.833. The Balaban J connectivity index is 1.98. The number of benzene rings is 1. The van der Waals surface area contributed by atoms with Crippen molar-refractivity contribution < 1.29 is 4.74 Å². The van der Waals surface area contributed by atoms with Crippen molar-refractivity contribution in [1.82, 2.24) is 5.32 Å². The number of fused-ring (bicyclic) bond motifs is 1. The van der Waals surface area contributed by atoms with E-state index in [0.717, 1.165) is 38.4 Å². The normalized spacial score (nSPS) is 13.4. The number of nitrogens with one attached hydrogen (secondary N) is 1. The van der Waals surface area contributed by atoms with E-state index in [1.165, 1.54) is 11.3 Å². The predicted octanol–water partition coefficient (Wildman–Crippen LogP) is 1.67. The molecule has 0 saturated heterocycles. The number of hydrogen-bond acceptors (Lipinski definition) is 3. The Morgan fingerprint density at radius 2 is 2.31 bits per heavy atom. The van der Waals surface area contributed by atoms with Crippen molar-refractivity contribution in [3.63, 3.8) is 0 Å².